The molecule has 0 aliphatic heterocycles. The fraction of sp³-hybridized carbons (Fsp3) is 0.308. The summed E-state index contributed by atoms with van der Waals surface area (Å²) in [7, 11) is 0. The van der Waals surface area contributed by atoms with Gasteiger partial charge in [-0.2, -0.15) is 10.5 Å². The van der Waals surface area contributed by atoms with Crippen LogP contribution in [-0.2, 0) is 19.1 Å². The van der Waals surface area contributed by atoms with Gasteiger partial charge in [0, 0.05) is 13.1 Å². The molecule has 36 heavy (non-hydrogen) atoms. The molecule has 0 saturated heterocycles. The van der Waals surface area contributed by atoms with E-state index in [9.17, 15) is 19.2 Å². The van der Waals surface area contributed by atoms with Crippen LogP contribution in [0, 0.1) is 22.7 Å². The minimum atomic E-state index is -0.638. The number of unbranched alkanes of at least 4 members (excludes halogenated alkanes) is 3. The number of hydrogen-bond acceptors (Lipinski definition) is 8. The molecule has 0 aromatic heterocycles. The van der Waals surface area contributed by atoms with E-state index in [0.717, 1.165) is 25.7 Å². The summed E-state index contributed by atoms with van der Waals surface area (Å²) in [5.41, 5.74) is 1.37. The predicted octanol–water partition coefficient (Wildman–Crippen LogP) is 2.24. The Morgan fingerprint density at radius 1 is 0.611 bits per heavy atom. The number of rotatable bonds is 13. The molecule has 0 bridgehead atoms. The van der Waals surface area contributed by atoms with E-state index < -0.39 is 23.8 Å². The van der Waals surface area contributed by atoms with Gasteiger partial charge >= 0.3 is 11.9 Å². The van der Waals surface area contributed by atoms with Crippen molar-refractivity contribution in [2.24, 2.45) is 0 Å². The summed E-state index contributed by atoms with van der Waals surface area (Å²) < 4.78 is 9.90. The van der Waals surface area contributed by atoms with E-state index in [4.69, 9.17) is 20.0 Å². The van der Waals surface area contributed by atoms with Gasteiger partial charge in [0.25, 0.3) is 11.8 Å². The Morgan fingerprint density at radius 2 is 0.972 bits per heavy atom. The van der Waals surface area contributed by atoms with E-state index in [0.29, 0.717) is 24.2 Å². The van der Waals surface area contributed by atoms with Crippen molar-refractivity contribution in [3.05, 3.63) is 70.8 Å². The molecule has 0 fully saturated rings. The van der Waals surface area contributed by atoms with Crippen LogP contribution < -0.4 is 10.6 Å². The first kappa shape index (κ1) is 27.5. The molecule has 2 N–H and O–H groups in total. The third-order valence-corrected chi connectivity index (χ3v) is 4.92. The highest BCUT2D eigenvalue weighted by Gasteiger charge is 2.11. The number of nitrogens with zero attached hydrogens (tertiary/aromatic N) is 2. The molecular formula is C26H26N4O6. The second kappa shape index (κ2) is 15.3. The van der Waals surface area contributed by atoms with Crippen molar-refractivity contribution in [1.29, 1.82) is 10.5 Å². The lowest BCUT2D eigenvalue weighted by molar-refractivity contribution is -0.124. The van der Waals surface area contributed by atoms with Gasteiger partial charge in [0.15, 0.2) is 13.2 Å². The van der Waals surface area contributed by atoms with Crippen LogP contribution in [0.15, 0.2) is 48.5 Å². The molecule has 0 aliphatic rings. The van der Waals surface area contributed by atoms with E-state index >= 15 is 0 Å². The second-order valence-electron chi connectivity index (χ2n) is 7.64. The summed E-state index contributed by atoms with van der Waals surface area (Å²) in [5.74, 6) is -2.08. The van der Waals surface area contributed by atoms with Crippen LogP contribution in [-0.4, -0.2) is 50.1 Å². The third kappa shape index (κ3) is 10.1. The highest BCUT2D eigenvalue weighted by molar-refractivity contribution is 5.92. The summed E-state index contributed by atoms with van der Waals surface area (Å²) in [4.78, 5) is 47.4. The first-order valence-electron chi connectivity index (χ1n) is 11.3. The molecule has 10 nitrogen and oxygen atoms in total. The van der Waals surface area contributed by atoms with Crippen molar-refractivity contribution in [2.45, 2.75) is 25.7 Å². The van der Waals surface area contributed by atoms with Gasteiger partial charge in [-0.1, -0.05) is 12.8 Å². The van der Waals surface area contributed by atoms with Gasteiger partial charge < -0.3 is 20.1 Å². The standard InChI is InChI=1S/C26H26N4O6/c27-15-19-5-9-21(10-6-19)25(33)35-17-23(31)29-13-3-1-2-4-14-30-24(32)18-36-26(34)22-11-7-20(16-28)8-12-22/h5-12H,1-4,13-14,17-18H2,(H,29,31)(H,30,32). The van der Waals surface area contributed by atoms with Crippen LogP contribution in [0.25, 0.3) is 0 Å². The van der Waals surface area contributed by atoms with E-state index in [1.165, 1.54) is 48.5 Å². The van der Waals surface area contributed by atoms with Crippen molar-refractivity contribution in [3.63, 3.8) is 0 Å². The fourth-order valence-electron chi connectivity index (χ4n) is 2.95. The van der Waals surface area contributed by atoms with Crippen LogP contribution in [0.4, 0.5) is 0 Å². The van der Waals surface area contributed by atoms with Crippen LogP contribution in [0.3, 0.4) is 0 Å². The van der Waals surface area contributed by atoms with Crippen molar-refractivity contribution in [2.75, 3.05) is 26.3 Å². The number of esters is 2. The highest BCUT2D eigenvalue weighted by Crippen LogP contribution is 2.06. The molecule has 186 valence electrons. The number of nitriles is 2. The summed E-state index contributed by atoms with van der Waals surface area (Å²) in [6, 6.07) is 15.7. The first-order valence-corrected chi connectivity index (χ1v) is 11.3. The first-order chi connectivity index (χ1) is 17.4. The molecule has 2 amide bonds. The Morgan fingerprint density at radius 3 is 1.31 bits per heavy atom. The van der Waals surface area contributed by atoms with Gasteiger partial charge in [0.1, 0.15) is 0 Å². The molecule has 2 aromatic rings. The predicted molar refractivity (Wildman–Crippen MR) is 127 cm³/mol. The summed E-state index contributed by atoms with van der Waals surface area (Å²) in [5, 5.41) is 22.8. The fourth-order valence-corrected chi connectivity index (χ4v) is 2.95. The Balaban J connectivity index is 1.46. The number of carbonyl (C=O) groups is 4. The lowest BCUT2D eigenvalue weighted by atomic mass is 10.1. The van der Waals surface area contributed by atoms with Gasteiger partial charge in [-0.15, -0.1) is 0 Å². The van der Waals surface area contributed by atoms with Crippen molar-refractivity contribution >= 4 is 23.8 Å². The van der Waals surface area contributed by atoms with Crippen LogP contribution in [0.1, 0.15) is 57.5 Å². The topological polar surface area (TPSA) is 158 Å². The summed E-state index contributed by atoms with van der Waals surface area (Å²) in [6.07, 6.45) is 3.11. The molecule has 0 heterocycles. The minimum absolute atomic E-state index is 0.262. The van der Waals surface area contributed by atoms with Crippen molar-refractivity contribution in [1.82, 2.24) is 10.6 Å². The van der Waals surface area contributed by atoms with Gasteiger partial charge in [0.05, 0.1) is 34.4 Å². The average Bonchev–Trinajstić information content (AvgIpc) is 2.91. The monoisotopic (exact) mass is 490 g/mol. The van der Waals surface area contributed by atoms with Gasteiger partial charge in [-0.3, -0.25) is 9.59 Å². The second-order valence-corrected chi connectivity index (χ2v) is 7.64. The molecule has 0 radical (unpaired) electrons. The van der Waals surface area contributed by atoms with E-state index in [2.05, 4.69) is 10.6 Å². The lowest BCUT2D eigenvalue weighted by Crippen LogP contribution is -2.30. The molecule has 0 atom stereocenters. The van der Waals surface area contributed by atoms with E-state index in [1.807, 2.05) is 12.1 Å². The van der Waals surface area contributed by atoms with Crippen molar-refractivity contribution < 1.29 is 28.7 Å². The highest BCUT2D eigenvalue weighted by atomic mass is 16.5. The zero-order valence-corrected chi connectivity index (χ0v) is 19.6. The van der Waals surface area contributed by atoms with Gasteiger partial charge in [-0.25, -0.2) is 9.59 Å². The SMILES string of the molecule is N#Cc1ccc(C(=O)OCC(=O)NCCCCCCNC(=O)COC(=O)c2ccc(C#N)cc2)cc1. The largest absolute Gasteiger partial charge is 0.452 e. The minimum Gasteiger partial charge on any atom is -0.452 e. The number of benzene rings is 2. The van der Waals surface area contributed by atoms with E-state index in [1.54, 1.807) is 0 Å². The number of carbonyl (C=O) groups excluding carboxylic acids is 4. The molecule has 10 heteroatoms. The van der Waals surface area contributed by atoms with Gasteiger partial charge in [0.2, 0.25) is 0 Å². The zero-order chi connectivity index (χ0) is 26.2. The number of ether oxygens (including phenoxy) is 2. The lowest BCUT2D eigenvalue weighted by Gasteiger charge is -2.08. The average molecular weight is 491 g/mol. The maximum absolute atomic E-state index is 11.9. The number of nitrogens with one attached hydrogen (secondary N) is 2. The maximum Gasteiger partial charge on any atom is 0.338 e. The van der Waals surface area contributed by atoms with Crippen LogP contribution in [0.2, 0.25) is 0 Å². The smallest absolute Gasteiger partial charge is 0.338 e. The Bertz CT molecular complexity index is 1040. The van der Waals surface area contributed by atoms with Crippen molar-refractivity contribution in [3.8, 4) is 12.1 Å². The van der Waals surface area contributed by atoms with Gasteiger partial charge in [-0.05, 0) is 61.4 Å². The Hall–Kier alpha value is -4.70. The molecule has 2 aromatic carbocycles. The molecule has 0 spiro atoms. The summed E-state index contributed by atoms with van der Waals surface area (Å²) in [6.45, 7) is 0.0943. The molecule has 0 saturated carbocycles. The Labute approximate surface area is 208 Å². The molecule has 0 unspecified atom stereocenters. The summed E-state index contributed by atoms with van der Waals surface area (Å²) >= 11 is 0. The van der Waals surface area contributed by atoms with Crippen LogP contribution in [0.5, 0.6) is 0 Å². The molecular weight excluding hydrogens is 464 g/mol. The van der Waals surface area contributed by atoms with Crippen LogP contribution >= 0.6 is 0 Å². The normalized spacial score (nSPS) is 9.83. The number of amides is 2. The zero-order valence-electron chi connectivity index (χ0n) is 19.6. The quantitative estimate of drug-likeness (QED) is 0.319. The van der Waals surface area contributed by atoms with E-state index in [-0.39, 0.29) is 24.3 Å². The third-order valence-electron chi connectivity index (χ3n) is 4.92. The number of hydrogen-bond donors (Lipinski definition) is 2. The maximum atomic E-state index is 11.9. The molecule has 0 aliphatic carbocycles. The molecule has 2 rings (SSSR count). The Kier molecular flexibility index (Phi) is 11.7.